The Kier molecular flexibility index (Phi) is 5.40. The quantitative estimate of drug-likeness (QED) is 0.562. The number of nitrogens with zero attached hydrogens (tertiary/aromatic N) is 7. The lowest BCUT2D eigenvalue weighted by Gasteiger charge is -2.36. The van der Waals surface area contributed by atoms with Gasteiger partial charge in [0.1, 0.15) is 5.82 Å². The summed E-state index contributed by atoms with van der Waals surface area (Å²) in [6.45, 7) is 3.56. The van der Waals surface area contributed by atoms with E-state index in [9.17, 15) is 0 Å². The Bertz CT molecular complexity index is 687. The van der Waals surface area contributed by atoms with Gasteiger partial charge < -0.3 is 14.7 Å². The van der Waals surface area contributed by atoms with Gasteiger partial charge in [0.15, 0.2) is 16.8 Å². The lowest BCUT2D eigenvalue weighted by molar-refractivity contribution is 0.633. The third-order valence-electron chi connectivity index (χ3n) is 3.88. The maximum absolute atomic E-state index is 4.62. The highest BCUT2D eigenvalue weighted by Gasteiger charge is 2.21. The van der Waals surface area contributed by atoms with Gasteiger partial charge in [-0.3, -0.25) is 0 Å². The molecule has 7 nitrogen and oxygen atoms in total. The van der Waals surface area contributed by atoms with Gasteiger partial charge in [-0.1, -0.05) is 11.8 Å². The average Bonchev–Trinajstić information content (AvgIpc) is 2.62. The van der Waals surface area contributed by atoms with Crippen LogP contribution < -0.4 is 14.7 Å². The van der Waals surface area contributed by atoms with E-state index in [1.54, 1.807) is 11.8 Å². The second-order valence-corrected chi connectivity index (χ2v) is 7.27. The number of anilines is 3. The molecule has 128 valence electrons. The summed E-state index contributed by atoms with van der Waals surface area (Å²) in [5.41, 5.74) is 0. The van der Waals surface area contributed by atoms with E-state index in [1.807, 2.05) is 43.6 Å². The molecule has 3 rings (SSSR count). The van der Waals surface area contributed by atoms with E-state index in [2.05, 4.69) is 45.9 Å². The van der Waals surface area contributed by atoms with Crippen molar-refractivity contribution in [1.82, 2.24) is 20.2 Å². The fraction of sp³-hybridized carbons (Fsp3) is 0.467. The predicted octanol–water partition coefficient (Wildman–Crippen LogP) is 2.14. The topological polar surface area (TPSA) is 61.3 Å². The molecule has 2 aromatic heterocycles. The second kappa shape index (κ2) is 7.52. The molecule has 1 fully saturated rings. The summed E-state index contributed by atoms with van der Waals surface area (Å²) in [6, 6.07) is 4.03. The fourth-order valence-corrected chi connectivity index (χ4v) is 3.31. The van der Waals surface area contributed by atoms with Crippen LogP contribution in [0.2, 0.25) is 0 Å². The molecule has 2 aromatic rings. The van der Waals surface area contributed by atoms with Crippen LogP contribution in [0, 0.1) is 0 Å². The monoisotopic (exact) mass is 409 g/mol. The molecule has 0 bridgehead atoms. The number of halogens is 1. The minimum absolute atomic E-state index is 0.792. The molecule has 0 amide bonds. The Hall–Kier alpha value is -1.61. The van der Waals surface area contributed by atoms with Crippen LogP contribution >= 0.6 is 27.7 Å². The normalized spacial score (nSPS) is 14.8. The molecule has 0 aromatic carbocycles. The van der Waals surface area contributed by atoms with Crippen molar-refractivity contribution in [3.05, 3.63) is 22.8 Å². The van der Waals surface area contributed by atoms with E-state index in [0.717, 1.165) is 53.3 Å². The van der Waals surface area contributed by atoms with Crippen molar-refractivity contribution in [2.75, 3.05) is 61.2 Å². The van der Waals surface area contributed by atoms with Gasteiger partial charge in [-0.25, -0.2) is 9.97 Å². The Morgan fingerprint density at radius 3 is 2.38 bits per heavy atom. The van der Waals surface area contributed by atoms with Crippen LogP contribution in [0.3, 0.4) is 0 Å². The zero-order valence-electron chi connectivity index (χ0n) is 14.0. The Balaban J connectivity index is 1.67. The summed E-state index contributed by atoms with van der Waals surface area (Å²) in [7, 11) is 3.93. The summed E-state index contributed by atoms with van der Waals surface area (Å²) in [5.74, 6) is 2.75. The lowest BCUT2D eigenvalue weighted by Crippen LogP contribution is -2.47. The summed E-state index contributed by atoms with van der Waals surface area (Å²) in [5, 5.41) is 9.39. The molecule has 0 N–H and O–H groups in total. The van der Waals surface area contributed by atoms with E-state index >= 15 is 0 Å². The zero-order valence-corrected chi connectivity index (χ0v) is 16.4. The van der Waals surface area contributed by atoms with Crippen molar-refractivity contribution in [3.8, 4) is 0 Å². The van der Waals surface area contributed by atoms with Crippen LogP contribution in [0.5, 0.6) is 0 Å². The van der Waals surface area contributed by atoms with Crippen LogP contribution in [0.4, 0.5) is 17.5 Å². The summed E-state index contributed by atoms with van der Waals surface area (Å²) >= 11 is 5.11. The van der Waals surface area contributed by atoms with Crippen molar-refractivity contribution in [3.63, 3.8) is 0 Å². The maximum Gasteiger partial charge on any atom is 0.189 e. The number of piperazine rings is 1. The predicted molar refractivity (Wildman–Crippen MR) is 102 cm³/mol. The molecular weight excluding hydrogens is 390 g/mol. The highest BCUT2D eigenvalue weighted by Crippen LogP contribution is 2.27. The van der Waals surface area contributed by atoms with Crippen LogP contribution in [0.25, 0.3) is 0 Å². The van der Waals surface area contributed by atoms with Gasteiger partial charge in [0.25, 0.3) is 0 Å². The first-order chi connectivity index (χ1) is 11.6. The first-order valence-corrected chi connectivity index (χ1v) is 9.67. The van der Waals surface area contributed by atoms with Gasteiger partial charge in [0, 0.05) is 46.5 Å². The van der Waals surface area contributed by atoms with E-state index in [1.165, 1.54) is 0 Å². The number of hydrogen-bond acceptors (Lipinski definition) is 8. The fourth-order valence-electron chi connectivity index (χ4n) is 2.54. The average molecular weight is 410 g/mol. The molecule has 0 spiro atoms. The first kappa shape index (κ1) is 17.2. The molecule has 1 aliphatic heterocycles. The van der Waals surface area contributed by atoms with Gasteiger partial charge in [-0.2, -0.15) is 0 Å². The van der Waals surface area contributed by atoms with E-state index in [4.69, 9.17) is 0 Å². The first-order valence-electron chi connectivity index (χ1n) is 7.66. The molecule has 0 saturated carbocycles. The third kappa shape index (κ3) is 3.72. The highest BCUT2D eigenvalue weighted by atomic mass is 79.9. The molecule has 1 aliphatic rings. The van der Waals surface area contributed by atoms with Gasteiger partial charge in [0.05, 0.1) is 4.47 Å². The number of rotatable bonds is 4. The van der Waals surface area contributed by atoms with Gasteiger partial charge in [-0.05, 0) is 34.3 Å². The standard InChI is InChI=1S/C15H20BrN7S/c1-21(2)12-4-5-13(20-19-12)22-6-8-23(9-7-22)14-11(16)10-17-15(18-14)24-3/h4-5,10H,6-9H2,1-3H3. The minimum Gasteiger partial charge on any atom is -0.361 e. The van der Waals surface area contributed by atoms with Crippen LogP contribution in [0.1, 0.15) is 0 Å². The van der Waals surface area contributed by atoms with E-state index < -0.39 is 0 Å². The molecule has 24 heavy (non-hydrogen) atoms. The minimum atomic E-state index is 0.792. The molecule has 0 unspecified atom stereocenters. The number of thioether (sulfide) groups is 1. The lowest BCUT2D eigenvalue weighted by atomic mass is 10.3. The molecule has 0 radical (unpaired) electrons. The second-order valence-electron chi connectivity index (χ2n) is 5.65. The van der Waals surface area contributed by atoms with Gasteiger partial charge >= 0.3 is 0 Å². The van der Waals surface area contributed by atoms with Crippen molar-refractivity contribution in [2.24, 2.45) is 0 Å². The summed E-state index contributed by atoms with van der Waals surface area (Å²) in [6.07, 6.45) is 3.81. The van der Waals surface area contributed by atoms with E-state index in [0.29, 0.717) is 0 Å². The smallest absolute Gasteiger partial charge is 0.189 e. The van der Waals surface area contributed by atoms with Crippen molar-refractivity contribution in [2.45, 2.75) is 5.16 Å². The highest BCUT2D eigenvalue weighted by molar-refractivity contribution is 9.10. The molecule has 0 aliphatic carbocycles. The summed E-state index contributed by atoms with van der Waals surface area (Å²) < 4.78 is 0.934. The Morgan fingerprint density at radius 2 is 1.79 bits per heavy atom. The summed E-state index contributed by atoms with van der Waals surface area (Å²) in [4.78, 5) is 15.4. The molecule has 3 heterocycles. The Morgan fingerprint density at radius 1 is 1.08 bits per heavy atom. The Labute approximate surface area is 154 Å². The van der Waals surface area contributed by atoms with Crippen molar-refractivity contribution >= 4 is 45.1 Å². The van der Waals surface area contributed by atoms with Gasteiger partial charge in [-0.15, -0.1) is 10.2 Å². The van der Waals surface area contributed by atoms with Crippen molar-refractivity contribution in [1.29, 1.82) is 0 Å². The zero-order chi connectivity index (χ0) is 17.1. The largest absolute Gasteiger partial charge is 0.361 e. The van der Waals surface area contributed by atoms with Gasteiger partial charge in [0.2, 0.25) is 0 Å². The molecule has 1 saturated heterocycles. The third-order valence-corrected chi connectivity index (χ3v) is 5.01. The molecule has 0 atom stereocenters. The number of aromatic nitrogens is 4. The van der Waals surface area contributed by atoms with Crippen LogP contribution in [-0.4, -0.2) is 66.7 Å². The van der Waals surface area contributed by atoms with Crippen LogP contribution in [0.15, 0.2) is 28.0 Å². The molecule has 9 heteroatoms. The number of hydrogen-bond donors (Lipinski definition) is 0. The van der Waals surface area contributed by atoms with Crippen molar-refractivity contribution < 1.29 is 0 Å². The van der Waals surface area contributed by atoms with E-state index in [-0.39, 0.29) is 0 Å². The maximum atomic E-state index is 4.62. The van der Waals surface area contributed by atoms with Crippen LogP contribution in [-0.2, 0) is 0 Å². The molecular formula is C15H20BrN7S. The SMILES string of the molecule is CSc1ncc(Br)c(N2CCN(c3ccc(N(C)C)nn3)CC2)n1.